The number of benzene rings is 2. The van der Waals surface area contributed by atoms with Gasteiger partial charge in [0.2, 0.25) is 5.95 Å². The molecular weight excluding hydrogens is 411 g/mol. The zero-order valence-electron chi connectivity index (χ0n) is 17.2. The number of carbonyl (C=O) groups excluding carboxylic acids is 2. The van der Waals surface area contributed by atoms with E-state index in [4.69, 9.17) is 4.74 Å². The van der Waals surface area contributed by atoms with Crippen LogP contribution in [0.15, 0.2) is 60.8 Å². The number of halogens is 1. The van der Waals surface area contributed by atoms with Gasteiger partial charge in [-0.2, -0.15) is 4.39 Å². The van der Waals surface area contributed by atoms with Crippen LogP contribution in [-0.4, -0.2) is 37.3 Å². The normalized spacial score (nSPS) is 11.6. The van der Waals surface area contributed by atoms with Crippen LogP contribution in [0, 0.1) is 17.8 Å². The first-order chi connectivity index (χ1) is 15.6. The Morgan fingerprint density at radius 2 is 1.75 bits per heavy atom. The van der Waals surface area contributed by atoms with Gasteiger partial charge in [0.15, 0.2) is 0 Å². The Kier molecular flexibility index (Phi) is 6.13. The van der Waals surface area contributed by atoms with Gasteiger partial charge in [-0.15, -0.1) is 0 Å². The van der Waals surface area contributed by atoms with Gasteiger partial charge in [-0.1, -0.05) is 60.4 Å². The van der Waals surface area contributed by atoms with Gasteiger partial charge in [0.05, 0.1) is 13.7 Å². The molecule has 0 aliphatic heterocycles. The summed E-state index contributed by atoms with van der Waals surface area (Å²) in [6, 6.07) is 17.4. The van der Waals surface area contributed by atoms with Crippen molar-refractivity contribution in [2.45, 2.75) is 5.92 Å². The fraction of sp³-hybridized carbons (Fsp3) is 0.160. The zero-order valence-corrected chi connectivity index (χ0v) is 17.2. The maximum atomic E-state index is 13.6. The second-order valence-electron chi connectivity index (χ2n) is 7.03. The third-order valence-corrected chi connectivity index (χ3v) is 5.14. The van der Waals surface area contributed by atoms with Gasteiger partial charge in [0.25, 0.3) is 0 Å². The fourth-order valence-corrected chi connectivity index (χ4v) is 3.68. The van der Waals surface area contributed by atoms with E-state index in [-0.39, 0.29) is 24.6 Å². The van der Waals surface area contributed by atoms with E-state index >= 15 is 0 Å². The van der Waals surface area contributed by atoms with Crippen molar-refractivity contribution in [1.29, 1.82) is 0 Å². The molecule has 0 saturated heterocycles. The summed E-state index contributed by atoms with van der Waals surface area (Å²) in [6.07, 6.45) is 0.607. The Hall–Kier alpha value is -4.18. The van der Waals surface area contributed by atoms with E-state index in [9.17, 15) is 14.0 Å². The van der Waals surface area contributed by atoms with Crippen LogP contribution in [-0.2, 0) is 9.47 Å². The zero-order chi connectivity index (χ0) is 22.5. The second-order valence-corrected chi connectivity index (χ2v) is 7.03. The highest BCUT2D eigenvalue weighted by molar-refractivity contribution is 5.89. The molecular formula is C25H19FN2O4. The van der Waals surface area contributed by atoms with Crippen molar-refractivity contribution in [2.24, 2.45) is 0 Å². The van der Waals surface area contributed by atoms with E-state index < -0.39 is 18.0 Å². The predicted octanol–water partition coefficient (Wildman–Crippen LogP) is 3.90. The van der Waals surface area contributed by atoms with Gasteiger partial charge in [-0.25, -0.2) is 14.6 Å². The van der Waals surface area contributed by atoms with E-state index in [1.165, 1.54) is 12.3 Å². The van der Waals surface area contributed by atoms with E-state index in [1.54, 1.807) is 0 Å². The molecule has 0 radical (unpaired) electrons. The number of alkyl carbamates (subject to hydrolysis) is 1. The minimum Gasteiger partial charge on any atom is -0.465 e. The van der Waals surface area contributed by atoms with Crippen LogP contribution in [0.5, 0.6) is 0 Å². The minimum absolute atomic E-state index is 0.0155. The number of ether oxygens (including phenoxy) is 2. The molecule has 3 aromatic rings. The van der Waals surface area contributed by atoms with E-state index in [2.05, 4.69) is 39.0 Å². The third-order valence-electron chi connectivity index (χ3n) is 5.14. The number of hydrogen-bond donors (Lipinski definition) is 1. The number of fused-ring (bicyclic) bond motifs is 3. The molecule has 2 aromatic carbocycles. The van der Waals surface area contributed by atoms with Crippen molar-refractivity contribution in [3.63, 3.8) is 0 Å². The summed E-state index contributed by atoms with van der Waals surface area (Å²) in [5.41, 5.74) is 4.59. The summed E-state index contributed by atoms with van der Waals surface area (Å²) in [7, 11) is 1.15. The topological polar surface area (TPSA) is 77.5 Å². The second kappa shape index (κ2) is 9.31. The molecule has 0 saturated carbocycles. The number of nitrogens with one attached hydrogen (secondary N) is 1. The average molecular weight is 430 g/mol. The van der Waals surface area contributed by atoms with Crippen LogP contribution in [0.2, 0.25) is 0 Å². The number of carbonyl (C=O) groups is 2. The predicted molar refractivity (Wildman–Crippen MR) is 115 cm³/mol. The van der Waals surface area contributed by atoms with Crippen molar-refractivity contribution in [3.05, 3.63) is 89.0 Å². The first-order valence-corrected chi connectivity index (χ1v) is 9.90. The third kappa shape index (κ3) is 4.30. The number of pyridine rings is 1. The Labute approximate surface area is 184 Å². The SMILES string of the molecule is COC(=O)c1cc(C#CCNC(=O)OCC2c3ccccc3-c3ccccc32)cnc1F. The standard InChI is InChI=1S/C25H19FN2O4/c1-31-24(29)21-13-16(14-28-23(21)26)7-6-12-27-25(30)32-15-22-19-10-4-2-8-17(19)18-9-3-5-11-20(18)22/h2-5,8-11,13-14,22H,12,15H2,1H3,(H,27,30). The van der Waals surface area contributed by atoms with Crippen molar-refractivity contribution < 1.29 is 23.5 Å². The summed E-state index contributed by atoms with van der Waals surface area (Å²) in [5.74, 6) is 3.64. The Morgan fingerprint density at radius 3 is 2.41 bits per heavy atom. The Bertz CT molecular complexity index is 1200. The molecule has 160 valence electrons. The largest absolute Gasteiger partial charge is 0.465 e. The lowest BCUT2D eigenvalue weighted by Gasteiger charge is -2.14. The van der Waals surface area contributed by atoms with Crippen molar-refractivity contribution >= 4 is 12.1 Å². The smallest absolute Gasteiger partial charge is 0.407 e. The number of amides is 1. The van der Waals surface area contributed by atoms with Gasteiger partial charge in [0.1, 0.15) is 12.2 Å². The van der Waals surface area contributed by atoms with E-state index in [0.29, 0.717) is 5.56 Å². The van der Waals surface area contributed by atoms with Crippen LogP contribution in [0.4, 0.5) is 9.18 Å². The maximum absolute atomic E-state index is 13.6. The summed E-state index contributed by atoms with van der Waals surface area (Å²) in [5, 5.41) is 2.56. The minimum atomic E-state index is -0.931. The summed E-state index contributed by atoms with van der Waals surface area (Å²) in [6.45, 7) is 0.221. The van der Waals surface area contributed by atoms with Crippen LogP contribution in [0.25, 0.3) is 11.1 Å². The molecule has 1 heterocycles. The lowest BCUT2D eigenvalue weighted by atomic mass is 9.98. The lowest BCUT2D eigenvalue weighted by Crippen LogP contribution is -2.26. The van der Waals surface area contributed by atoms with Gasteiger partial charge >= 0.3 is 12.1 Å². The summed E-state index contributed by atoms with van der Waals surface area (Å²) in [4.78, 5) is 27.1. The highest BCUT2D eigenvalue weighted by Gasteiger charge is 2.28. The fourth-order valence-electron chi connectivity index (χ4n) is 3.68. The quantitative estimate of drug-likeness (QED) is 0.386. The molecule has 1 aliphatic carbocycles. The molecule has 4 rings (SSSR count). The summed E-state index contributed by atoms with van der Waals surface area (Å²) >= 11 is 0. The van der Waals surface area contributed by atoms with Crippen molar-refractivity contribution in [1.82, 2.24) is 10.3 Å². The maximum Gasteiger partial charge on any atom is 0.407 e. The molecule has 0 fully saturated rings. The molecule has 32 heavy (non-hydrogen) atoms. The number of methoxy groups -OCH3 is 1. The first-order valence-electron chi connectivity index (χ1n) is 9.90. The monoisotopic (exact) mass is 430 g/mol. The molecule has 0 spiro atoms. The van der Waals surface area contributed by atoms with Crippen molar-refractivity contribution in [2.75, 3.05) is 20.3 Å². The average Bonchev–Trinajstić information content (AvgIpc) is 3.14. The molecule has 0 atom stereocenters. The Balaban J connectivity index is 1.34. The molecule has 1 aromatic heterocycles. The number of nitrogens with zero attached hydrogens (tertiary/aromatic N) is 1. The molecule has 0 bridgehead atoms. The number of esters is 1. The lowest BCUT2D eigenvalue weighted by molar-refractivity contribution is 0.0594. The molecule has 7 heteroatoms. The molecule has 1 aliphatic rings. The van der Waals surface area contributed by atoms with Crippen LogP contribution in [0.3, 0.4) is 0 Å². The highest BCUT2D eigenvalue weighted by Crippen LogP contribution is 2.44. The molecule has 0 unspecified atom stereocenters. The van der Waals surface area contributed by atoms with Crippen LogP contribution < -0.4 is 5.32 Å². The Morgan fingerprint density at radius 1 is 1.09 bits per heavy atom. The van der Waals surface area contributed by atoms with E-state index in [0.717, 1.165) is 29.4 Å². The van der Waals surface area contributed by atoms with Crippen molar-refractivity contribution in [3.8, 4) is 23.0 Å². The van der Waals surface area contributed by atoms with Crippen LogP contribution in [0.1, 0.15) is 33.0 Å². The van der Waals surface area contributed by atoms with E-state index in [1.807, 2.05) is 36.4 Å². The number of rotatable bonds is 4. The molecule has 1 amide bonds. The van der Waals surface area contributed by atoms with Gasteiger partial charge < -0.3 is 14.8 Å². The van der Waals surface area contributed by atoms with Gasteiger partial charge in [-0.3, -0.25) is 0 Å². The highest BCUT2D eigenvalue weighted by atomic mass is 19.1. The first kappa shape index (κ1) is 21.1. The number of aromatic nitrogens is 1. The van der Waals surface area contributed by atoms with Crippen LogP contribution >= 0.6 is 0 Å². The molecule has 1 N–H and O–H groups in total. The van der Waals surface area contributed by atoms with Gasteiger partial charge in [-0.05, 0) is 28.3 Å². The number of hydrogen-bond acceptors (Lipinski definition) is 5. The summed E-state index contributed by atoms with van der Waals surface area (Å²) < 4.78 is 23.5. The molecule has 6 nitrogen and oxygen atoms in total. The van der Waals surface area contributed by atoms with Gasteiger partial charge in [0, 0.05) is 17.7 Å².